The lowest BCUT2D eigenvalue weighted by molar-refractivity contribution is -0.143. The van der Waals surface area contributed by atoms with Crippen LogP contribution in [-0.4, -0.2) is 25.0 Å². The van der Waals surface area contributed by atoms with Gasteiger partial charge in [0.05, 0.1) is 7.11 Å². The van der Waals surface area contributed by atoms with Gasteiger partial charge in [-0.25, -0.2) is 4.79 Å². The maximum Gasteiger partial charge on any atom is 0.328 e. The van der Waals surface area contributed by atoms with E-state index in [4.69, 9.17) is 16.3 Å². The lowest BCUT2D eigenvalue weighted by Gasteiger charge is -2.16. The van der Waals surface area contributed by atoms with Crippen molar-refractivity contribution in [1.82, 2.24) is 5.32 Å². The molecule has 0 unspecified atom stereocenters. The van der Waals surface area contributed by atoms with Crippen molar-refractivity contribution in [3.8, 4) is 0 Å². The summed E-state index contributed by atoms with van der Waals surface area (Å²) in [7, 11) is 1.31. The molecule has 2 aromatic rings. The molecule has 0 aliphatic carbocycles. The molecule has 1 atom stereocenters. The Morgan fingerprint density at radius 1 is 1.09 bits per heavy atom. The lowest BCUT2D eigenvalue weighted by Crippen LogP contribution is -2.41. The van der Waals surface area contributed by atoms with Gasteiger partial charge in [0.15, 0.2) is 0 Å². The van der Waals surface area contributed by atoms with Gasteiger partial charge in [-0.05, 0) is 42.7 Å². The van der Waals surface area contributed by atoms with Crippen molar-refractivity contribution in [3.63, 3.8) is 0 Å². The first-order chi connectivity index (χ1) is 11.1. The first-order valence-electron chi connectivity index (χ1n) is 7.28. The van der Waals surface area contributed by atoms with Crippen molar-refractivity contribution in [3.05, 3.63) is 70.7 Å². The number of esters is 1. The molecule has 4 nitrogen and oxygen atoms in total. The topological polar surface area (TPSA) is 55.4 Å². The van der Waals surface area contributed by atoms with Crippen LogP contribution < -0.4 is 5.32 Å². The van der Waals surface area contributed by atoms with Gasteiger partial charge in [0.2, 0.25) is 0 Å². The summed E-state index contributed by atoms with van der Waals surface area (Å²) < 4.78 is 4.78. The zero-order valence-corrected chi connectivity index (χ0v) is 13.5. The average Bonchev–Trinajstić information content (AvgIpc) is 2.59. The second kappa shape index (κ2) is 8.34. The van der Waals surface area contributed by atoms with Crippen molar-refractivity contribution in [2.45, 2.75) is 18.9 Å². The maximum atomic E-state index is 12.2. The van der Waals surface area contributed by atoms with Crippen LogP contribution in [0.5, 0.6) is 0 Å². The van der Waals surface area contributed by atoms with E-state index in [1.54, 1.807) is 24.3 Å². The summed E-state index contributed by atoms with van der Waals surface area (Å²) >= 11 is 5.81. The van der Waals surface area contributed by atoms with Gasteiger partial charge in [-0.2, -0.15) is 0 Å². The Morgan fingerprint density at radius 3 is 2.35 bits per heavy atom. The highest BCUT2D eigenvalue weighted by Gasteiger charge is 2.21. The quantitative estimate of drug-likeness (QED) is 0.827. The fourth-order valence-corrected chi connectivity index (χ4v) is 2.32. The number of hydrogen-bond donors (Lipinski definition) is 1. The Bertz CT molecular complexity index is 656. The molecular formula is C18H18ClNO3. The van der Waals surface area contributed by atoms with Crippen LogP contribution in [-0.2, 0) is 16.0 Å². The van der Waals surface area contributed by atoms with Crippen LogP contribution in [0.3, 0.4) is 0 Å². The molecule has 2 rings (SSSR count). The number of carbonyl (C=O) groups excluding carboxylic acids is 2. The molecule has 2 aromatic carbocycles. The van der Waals surface area contributed by atoms with E-state index in [0.29, 0.717) is 23.4 Å². The largest absolute Gasteiger partial charge is 0.467 e. The highest BCUT2D eigenvalue weighted by Crippen LogP contribution is 2.11. The van der Waals surface area contributed by atoms with Crippen molar-refractivity contribution in [2.24, 2.45) is 0 Å². The summed E-state index contributed by atoms with van der Waals surface area (Å²) in [4.78, 5) is 24.1. The zero-order chi connectivity index (χ0) is 16.7. The first kappa shape index (κ1) is 17.0. The molecule has 0 heterocycles. The van der Waals surface area contributed by atoms with E-state index >= 15 is 0 Å². The molecule has 1 N–H and O–H groups in total. The molecule has 0 radical (unpaired) electrons. The molecule has 0 bridgehead atoms. The third kappa shape index (κ3) is 5.11. The van der Waals surface area contributed by atoms with E-state index in [1.165, 1.54) is 7.11 Å². The Kier molecular flexibility index (Phi) is 6.18. The van der Waals surface area contributed by atoms with Gasteiger partial charge in [0, 0.05) is 10.6 Å². The molecule has 0 spiro atoms. The fourth-order valence-electron chi connectivity index (χ4n) is 2.19. The Balaban J connectivity index is 2.02. The third-order valence-electron chi connectivity index (χ3n) is 3.46. The molecule has 23 heavy (non-hydrogen) atoms. The minimum Gasteiger partial charge on any atom is -0.467 e. The van der Waals surface area contributed by atoms with Gasteiger partial charge >= 0.3 is 5.97 Å². The van der Waals surface area contributed by atoms with Gasteiger partial charge in [-0.3, -0.25) is 4.79 Å². The molecule has 0 aromatic heterocycles. The van der Waals surface area contributed by atoms with E-state index in [1.807, 2.05) is 30.3 Å². The number of carbonyl (C=O) groups is 2. The molecule has 5 heteroatoms. The molecule has 0 fully saturated rings. The number of nitrogens with one attached hydrogen (secondary N) is 1. The number of amides is 1. The second-order valence-electron chi connectivity index (χ2n) is 5.08. The van der Waals surface area contributed by atoms with E-state index in [-0.39, 0.29) is 5.91 Å². The van der Waals surface area contributed by atoms with Gasteiger partial charge in [-0.1, -0.05) is 41.9 Å². The number of aryl methyl sites for hydroxylation is 1. The van der Waals surface area contributed by atoms with Gasteiger partial charge in [0.25, 0.3) is 5.91 Å². The van der Waals surface area contributed by atoms with Crippen LogP contribution >= 0.6 is 11.6 Å². The minimum absolute atomic E-state index is 0.329. The number of methoxy groups -OCH3 is 1. The van der Waals surface area contributed by atoms with E-state index < -0.39 is 12.0 Å². The molecule has 0 aliphatic rings. The van der Waals surface area contributed by atoms with Crippen LogP contribution in [0.1, 0.15) is 22.3 Å². The van der Waals surface area contributed by atoms with Crippen molar-refractivity contribution in [2.75, 3.05) is 7.11 Å². The van der Waals surface area contributed by atoms with Crippen LogP contribution in [0.4, 0.5) is 0 Å². The highest BCUT2D eigenvalue weighted by molar-refractivity contribution is 6.30. The zero-order valence-electron chi connectivity index (χ0n) is 12.8. The summed E-state index contributed by atoms with van der Waals surface area (Å²) in [5, 5.41) is 3.27. The Morgan fingerprint density at radius 2 is 1.74 bits per heavy atom. The predicted molar refractivity (Wildman–Crippen MR) is 89.5 cm³/mol. The normalized spacial score (nSPS) is 11.6. The second-order valence-corrected chi connectivity index (χ2v) is 5.52. The monoisotopic (exact) mass is 331 g/mol. The van der Waals surface area contributed by atoms with Crippen molar-refractivity contribution >= 4 is 23.5 Å². The predicted octanol–water partition coefficient (Wildman–Crippen LogP) is 3.24. The first-order valence-corrected chi connectivity index (χ1v) is 7.66. The summed E-state index contributed by atoms with van der Waals surface area (Å²) in [6.45, 7) is 0. The van der Waals surface area contributed by atoms with Crippen LogP contribution in [0, 0.1) is 0 Å². The summed E-state index contributed by atoms with van der Waals surface area (Å²) in [5.41, 5.74) is 1.55. The number of halogens is 1. The molecule has 0 saturated heterocycles. The summed E-state index contributed by atoms with van der Waals surface area (Å²) in [6, 6.07) is 15.6. The third-order valence-corrected chi connectivity index (χ3v) is 3.71. The summed E-state index contributed by atoms with van der Waals surface area (Å²) in [6.07, 6.45) is 1.14. The van der Waals surface area contributed by atoms with Crippen LogP contribution in [0.25, 0.3) is 0 Å². The Hall–Kier alpha value is -2.33. The maximum absolute atomic E-state index is 12.2. The molecule has 1 amide bonds. The molecule has 0 saturated carbocycles. The van der Waals surface area contributed by atoms with Gasteiger partial charge in [-0.15, -0.1) is 0 Å². The summed E-state index contributed by atoms with van der Waals surface area (Å²) in [5.74, 6) is -0.784. The van der Waals surface area contributed by atoms with E-state index in [9.17, 15) is 9.59 Å². The smallest absolute Gasteiger partial charge is 0.328 e. The highest BCUT2D eigenvalue weighted by atomic mass is 35.5. The van der Waals surface area contributed by atoms with E-state index in [2.05, 4.69) is 5.32 Å². The molecular weight excluding hydrogens is 314 g/mol. The SMILES string of the molecule is COC(=O)[C@H](CCc1ccccc1)NC(=O)c1ccc(Cl)cc1. The standard InChI is InChI=1S/C18H18ClNO3/c1-23-18(22)16(12-7-13-5-3-2-4-6-13)20-17(21)14-8-10-15(19)11-9-14/h2-6,8-11,16H,7,12H2,1H3,(H,20,21)/t16-/m0/s1. The fraction of sp³-hybridized carbons (Fsp3) is 0.222. The van der Waals surface area contributed by atoms with Gasteiger partial charge < -0.3 is 10.1 Å². The molecule has 0 aliphatic heterocycles. The van der Waals surface area contributed by atoms with Crippen LogP contribution in [0.2, 0.25) is 5.02 Å². The average molecular weight is 332 g/mol. The number of rotatable bonds is 6. The number of hydrogen-bond acceptors (Lipinski definition) is 3. The lowest BCUT2D eigenvalue weighted by atomic mass is 10.0. The molecule has 120 valence electrons. The van der Waals surface area contributed by atoms with Gasteiger partial charge in [0.1, 0.15) is 6.04 Å². The van der Waals surface area contributed by atoms with Crippen LogP contribution in [0.15, 0.2) is 54.6 Å². The number of benzene rings is 2. The number of ether oxygens (including phenoxy) is 1. The van der Waals surface area contributed by atoms with E-state index in [0.717, 1.165) is 5.56 Å². The Labute approximate surface area is 140 Å². The van der Waals surface area contributed by atoms with Crippen molar-refractivity contribution < 1.29 is 14.3 Å². The van der Waals surface area contributed by atoms with Crippen molar-refractivity contribution in [1.29, 1.82) is 0 Å². The minimum atomic E-state index is -0.691.